The monoisotopic (exact) mass is 232 g/mol. The molecule has 0 aliphatic heterocycles. The van der Waals surface area contributed by atoms with Crippen molar-refractivity contribution in [2.75, 3.05) is 13.2 Å². The minimum atomic E-state index is 0.833. The molecule has 0 N–H and O–H groups in total. The van der Waals surface area contributed by atoms with Gasteiger partial charge in [-0.1, -0.05) is 43.3 Å². The second-order valence-electron chi connectivity index (χ2n) is 4.19. The van der Waals surface area contributed by atoms with Crippen molar-refractivity contribution in [3.63, 3.8) is 0 Å². The number of hydrogen-bond donors (Lipinski definition) is 0. The molecule has 1 heteroatoms. The van der Waals surface area contributed by atoms with E-state index in [0.29, 0.717) is 0 Å². The first-order valence-corrected chi connectivity index (χ1v) is 6.70. The molecule has 1 nitrogen and oxygen atoms in total. The zero-order valence-electron chi connectivity index (χ0n) is 11.1. The fourth-order valence-electron chi connectivity index (χ4n) is 1.75. The first-order chi connectivity index (χ1) is 8.36. The van der Waals surface area contributed by atoms with Crippen molar-refractivity contribution in [2.45, 2.75) is 39.5 Å². The van der Waals surface area contributed by atoms with Gasteiger partial charge in [0.05, 0.1) is 0 Å². The quantitative estimate of drug-likeness (QED) is 0.601. The van der Waals surface area contributed by atoms with Crippen molar-refractivity contribution >= 4 is 6.08 Å². The highest BCUT2D eigenvalue weighted by atomic mass is 16.5. The molecular formula is C16H24O. The van der Waals surface area contributed by atoms with Gasteiger partial charge in [-0.05, 0) is 43.7 Å². The minimum Gasteiger partial charge on any atom is -0.382 e. The molecule has 94 valence electrons. The van der Waals surface area contributed by atoms with E-state index in [9.17, 15) is 0 Å². The van der Waals surface area contributed by atoms with Crippen LogP contribution in [0.3, 0.4) is 0 Å². The van der Waals surface area contributed by atoms with Crippen molar-refractivity contribution in [1.82, 2.24) is 0 Å². The second kappa shape index (κ2) is 9.00. The second-order valence-corrected chi connectivity index (χ2v) is 4.19. The Labute approximate surface area is 106 Å². The van der Waals surface area contributed by atoms with Crippen LogP contribution in [-0.4, -0.2) is 13.2 Å². The van der Waals surface area contributed by atoms with Crippen molar-refractivity contribution in [2.24, 2.45) is 0 Å². The van der Waals surface area contributed by atoms with Gasteiger partial charge < -0.3 is 4.74 Å². The Bertz CT molecular complexity index is 328. The van der Waals surface area contributed by atoms with Crippen LogP contribution in [0.1, 0.15) is 44.2 Å². The molecule has 0 aliphatic carbocycles. The molecule has 0 heterocycles. The van der Waals surface area contributed by atoms with Crippen molar-refractivity contribution in [1.29, 1.82) is 0 Å². The molecule has 0 spiro atoms. The van der Waals surface area contributed by atoms with Crippen LogP contribution in [0.2, 0.25) is 0 Å². The summed E-state index contributed by atoms with van der Waals surface area (Å²) >= 11 is 0. The van der Waals surface area contributed by atoms with Crippen LogP contribution in [0.4, 0.5) is 0 Å². The normalized spacial score (nSPS) is 11.2. The lowest BCUT2D eigenvalue weighted by molar-refractivity contribution is 0.143. The highest BCUT2D eigenvalue weighted by Gasteiger charge is 1.90. The van der Waals surface area contributed by atoms with Gasteiger partial charge in [0.2, 0.25) is 0 Å². The molecule has 1 aromatic rings. The van der Waals surface area contributed by atoms with Crippen LogP contribution < -0.4 is 0 Å². The summed E-state index contributed by atoms with van der Waals surface area (Å²) in [6.45, 7) is 5.96. The van der Waals surface area contributed by atoms with Crippen molar-refractivity contribution in [3.05, 3.63) is 41.5 Å². The molecule has 0 aliphatic rings. The number of aryl methyl sites for hydroxylation is 1. The highest BCUT2D eigenvalue weighted by Crippen LogP contribution is 2.09. The Kier molecular flexibility index (Phi) is 7.40. The van der Waals surface area contributed by atoms with Gasteiger partial charge in [-0.25, -0.2) is 0 Å². The van der Waals surface area contributed by atoms with Gasteiger partial charge in [0.25, 0.3) is 0 Å². The van der Waals surface area contributed by atoms with Gasteiger partial charge in [-0.15, -0.1) is 0 Å². The molecule has 0 radical (unpaired) electrons. The zero-order chi connectivity index (χ0) is 12.3. The maximum atomic E-state index is 5.30. The summed E-state index contributed by atoms with van der Waals surface area (Å²) in [5.74, 6) is 0. The number of hydrogen-bond acceptors (Lipinski definition) is 1. The van der Waals surface area contributed by atoms with E-state index >= 15 is 0 Å². The Balaban J connectivity index is 2.23. The Morgan fingerprint density at radius 1 is 1.18 bits per heavy atom. The fourth-order valence-corrected chi connectivity index (χ4v) is 1.75. The summed E-state index contributed by atoms with van der Waals surface area (Å²) in [7, 11) is 0. The van der Waals surface area contributed by atoms with Crippen LogP contribution in [0.25, 0.3) is 6.08 Å². The summed E-state index contributed by atoms with van der Waals surface area (Å²) in [5.41, 5.74) is 2.72. The van der Waals surface area contributed by atoms with Gasteiger partial charge >= 0.3 is 0 Å². The molecule has 0 unspecified atom stereocenters. The van der Waals surface area contributed by atoms with Crippen molar-refractivity contribution in [3.8, 4) is 0 Å². The molecule has 1 aromatic carbocycles. The topological polar surface area (TPSA) is 9.23 Å². The lowest BCUT2D eigenvalue weighted by Gasteiger charge is -1.99. The van der Waals surface area contributed by atoms with Crippen LogP contribution >= 0.6 is 0 Å². The van der Waals surface area contributed by atoms with Crippen LogP contribution in [0.5, 0.6) is 0 Å². The maximum absolute atomic E-state index is 5.30. The van der Waals surface area contributed by atoms with Crippen LogP contribution in [-0.2, 0) is 11.2 Å². The summed E-state index contributed by atoms with van der Waals surface area (Å²) in [6, 6.07) is 8.74. The van der Waals surface area contributed by atoms with E-state index in [1.807, 2.05) is 6.92 Å². The summed E-state index contributed by atoms with van der Waals surface area (Å²) in [6.07, 6.45) is 9.11. The molecule has 0 saturated heterocycles. The zero-order valence-corrected chi connectivity index (χ0v) is 11.1. The predicted molar refractivity (Wildman–Crippen MR) is 75.2 cm³/mol. The van der Waals surface area contributed by atoms with E-state index in [0.717, 1.165) is 32.5 Å². The SMILES string of the molecule is CCOCCCC/C=C/c1cccc(CC)c1. The van der Waals surface area contributed by atoms with E-state index in [2.05, 4.69) is 43.3 Å². The summed E-state index contributed by atoms with van der Waals surface area (Å²) in [4.78, 5) is 0. The number of rotatable bonds is 8. The highest BCUT2D eigenvalue weighted by molar-refractivity contribution is 5.50. The number of allylic oxidation sites excluding steroid dienone is 1. The predicted octanol–water partition coefficient (Wildman–Crippen LogP) is 4.47. The largest absolute Gasteiger partial charge is 0.382 e. The molecule has 0 atom stereocenters. The molecule has 0 amide bonds. The van der Waals surface area contributed by atoms with Crippen LogP contribution in [0.15, 0.2) is 30.3 Å². The summed E-state index contributed by atoms with van der Waals surface area (Å²) in [5, 5.41) is 0. The van der Waals surface area contributed by atoms with E-state index in [4.69, 9.17) is 4.74 Å². The Hall–Kier alpha value is -1.08. The molecule has 0 saturated carbocycles. The van der Waals surface area contributed by atoms with Crippen LogP contribution in [0, 0.1) is 0 Å². The Morgan fingerprint density at radius 3 is 2.82 bits per heavy atom. The third-order valence-corrected chi connectivity index (χ3v) is 2.78. The van der Waals surface area contributed by atoms with Gasteiger partial charge in [-0.3, -0.25) is 0 Å². The minimum absolute atomic E-state index is 0.833. The average molecular weight is 232 g/mol. The van der Waals surface area contributed by atoms with E-state index in [-0.39, 0.29) is 0 Å². The number of benzene rings is 1. The Morgan fingerprint density at radius 2 is 2.06 bits per heavy atom. The average Bonchev–Trinajstić information content (AvgIpc) is 2.38. The van der Waals surface area contributed by atoms with Crippen molar-refractivity contribution < 1.29 is 4.74 Å². The van der Waals surface area contributed by atoms with E-state index in [1.165, 1.54) is 17.5 Å². The molecule has 0 fully saturated rings. The smallest absolute Gasteiger partial charge is 0.0466 e. The van der Waals surface area contributed by atoms with Gasteiger partial charge in [0.1, 0.15) is 0 Å². The van der Waals surface area contributed by atoms with Gasteiger partial charge in [-0.2, -0.15) is 0 Å². The fraction of sp³-hybridized carbons (Fsp3) is 0.500. The van der Waals surface area contributed by atoms with E-state index in [1.54, 1.807) is 0 Å². The maximum Gasteiger partial charge on any atom is 0.0466 e. The molecule has 0 aromatic heterocycles. The first-order valence-electron chi connectivity index (χ1n) is 6.70. The standard InChI is InChI=1S/C16H24O/c1-3-15-11-9-12-16(14-15)10-7-5-6-8-13-17-4-2/h7,9-12,14H,3-6,8,13H2,1-2H3/b10-7+. The van der Waals surface area contributed by atoms with Gasteiger partial charge in [0, 0.05) is 13.2 Å². The third-order valence-electron chi connectivity index (χ3n) is 2.78. The first kappa shape index (κ1) is 14.0. The molecule has 1 rings (SSSR count). The molecule has 0 bridgehead atoms. The lowest BCUT2D eigenvalue weighted by Crippen LogP contribution is -1.92. The molecular weight excluding hydrogens is 208 g/mol. The number of unbranched alkanes of at least 4 members (excludes halogenated alkanes) is 2. The lowest BCUT2D eigenvalue weighted by atomic mass is 10.1. The molecule has 17 heavy (non-hydrogen) atoms. The number of ether oxygens (including phenoxy) is 1. The van der Waals surface area contributed by atoms with Gasteiger partial charge in [0.15, 0.2) is 0 Å². The third kappa shape index (κ3) is 6.28. The van der Waals surface area contributed by atoms with E-state index < -0.39 is 0 Å². The summed E-state index contributed by atoms with van der Waals surface area (Å²) < 4.78 is 5.30.